The van der Waals surface area contributed by atoms with Crippen LogP contribution in [0.15, 0.2) is 41.5 Å². The van der Waals surface area contributed by atoms with Crippen LogP contribution < -0.4 is 10.2 Å². The number of methoxy groups -OCH3 is 1. The Morgan fingerprint density at radius 2 is 1.95 bits per heavy atom. The van der Waals surface area contributed by atoms with Crippen molar-refractivity contribution in [3.63, 3.8) is 0 Å². The molecule has 4 nitrogen and oxygen atoms in total. The number of amides is 1. The zero-order valence-corrected chi connectivity index (χ0v) is 12.9. The van der Waals surface area contributed by atoms with E-state index in [1.807, 2.05) is 31.2 Å². The van der Waals surface area contributed by atoms with Crippen molar-refractivity contribution in [1.82, 2.24) is 5.43 Å². The summed E-state index contributed by atoms with van der Waals surface area (Å²) in [4.78, 5) is 11.7. The van der Waals surface area contributed by atoms with Crippen molar-refractivity contribution in [3.05, 3.63) is 42.0 Å². The Morgan fingerprint density at radius 3 is 2.64 bits per heavy atom. The summed E-state index contributed by atoms with van der Waals surface area (Å²) in [5.41, 5.74) is 4.62. The Bertz CT molecular complexity index is 733. The molecule has 2 aromatic rings. The molecule has 0 unspecified atom stereocenters. The van der Waals surface area contributed by atoms with Gasteiger partial charge in [-0.1, -0.05) is 25.1 Å². The molecule has 0 bridgehead atoms. The van der Waals surface area contributed by atoms with Crippen LogP contribution in [0.1, 0.15) is 31.7 Å². The van der Waals surface area contributed by atoms with Gasteiger partial charge < -0.3 is 4.74 Å². The molecule has 1 N–H and O–H groups in total. The number of benzene rings is 2. The molecule has 0 radical (unpaired) electrons. The van der Waals surface area contributed by atoms with Crippen molar-refractivity contribution in [2.24, 2.45) is 11.0 Å². The summed E-state index contributed by atoms with van der Waals surface area (Å²) in [6.07, 6.45) is 2.74. The Morgan fingerprint density at radius 1 is 1.23 bits per heavy atom. The van der Waals surface area contributed by atoms with Crippen LogP contribution in [0, 0.1) is 5.92 Å². The van der Waals surface area contributed by atoms with Crippen LogP contribution in [0.25, 0.3) is 10.8 Å². The Hall–Kier alpha value is -2.36. The summed E-state index contributed by atoms with van der Waals surface area (Å²) in [5.74, 6) is 1.06. The van der Waals surface area contributed by atoms with E-state index in [0.29, 0.717) is 0 Å². The Labute approximate surface area is 130 Å². The quantitative estimate of drug-likeness (QED) is 0.678. The molecule has 1 amide bonds. The minimum atomic E-state index is 0.0384. The number of hydrogen-bond acceptors (Lipinski definition) is 3. The summed E-state index contributed by atoms with van der Waals surface area (Å²) < 4.78 is 5.24. The zero-order valence-electron chi connectivity index (χ0n) is 12.9. The van der Waals surface area contributed by atoms with E-state index in [0.717, 1.165) is 47.1 Å². The minimum Gasteiger partial charge on any atom is -0.497 e. The number of hydrazone groups is 1. The molecular formula is C18H20N2O2. The molecule has 22 heavy (non-hydrogen) atoms. The van der Waals surface area contributed by atoms with Crippen molar-refractivity contribution in [1.29, 1.82) is 0 Å². The summed E-state index contributed by atoms with van der Waals surface area (Å²) >= 11 is 0. The molecule has 0 saturated heterocycles. The summed E-state index contributed by atoms with van der Waals surface area (Å²) in [5, 5.41) is 6.56. The van der Waals surface area contributed by atoms with E-state index < -0.39 is 0 Å². The third-order valence-electron chi connectivity index (χ3n) is 3.96. The van der Waals surface area contributed by atoms with Gasteiger partial charge in [-0.25, -0.2) is 5.43 Å². The lowest BCUT2D eigenvalue weighted by Gasteiger charge is -2.08. The van der Waals surface area contributed by atoms with Gasteiger partial charge in [0.15, 0.2) is 0 Å². The standard InChI is InChI=1S/C18H20N2O2/c1-3-17(19-20-18(21)12-4-5-12)15-7-6-14-11-16(22-2)9-8-13(14)10-15/h6-12H,3-5H2,1-2H3,(H,20,21). The molecule has 4 heteroatoms. The number of carbonyl (C=O) groups is 1. The highest BCUT2D eigenvalue weighted by atomic mass is 16.5. The van der Waals surface area contributed by atoms with Gasteiger partial charge in [-0.15, -0.1) is 0 Å². The molecule has 1 fully saturated rings. The van der Waals surface area contributed by atoms with Gasteiger partial charge in [0.25, 0.3) is 0 Å². The molecule has 0 atom stereocenters. The fraction of sp³-hybridized carbons (Fsp3) is 0.333. The lowest BCUT2D eigenvalue weighted by Crippen LogP contribution is -2.21. The van der Waals surface area contributed by atoms with Crippen LogP contribution in [0.5, 0.6) is 5.75 Å². The van der Waals surface area contributed by atoms with E-state index in [-0.39, 0.29) is 11.8 Å². The number of nitrogens with one attached hydrogen (secondary N) is 1. The van der Waals surface area contributed by atoms with Gasteiger partial charge >= 0.3 is 0 Å². The monoisotopic (exact) mass is 296 g/mol. The molecular weight excluding hydrogens is 276 g/mol. The van der Waals surface area contributed by atoms with Gasteiger partial charge in [0.1, 0.15) is 5.75 Å². The van der Waals surface area contributed by atoms with E-state index in [1.54, 1.807) is 7.11 Å². The minimum absolute atomic E-state index is 0.0384. The van der Waals surface area contributed by atoms with Crippen LogP contribution in [0.4, 0.5) is 0 Å². The second-order valence-electron chi connectivity index (χ2n) is 5.59. The second-order valence-corrected chi connectivity index (χ2v) is 5.59. The zero-order chi connectivity index (χ0) is 15.5. The predicted octanol–water partition coefficient (Wildman–Crippen LogP) is 3.49. The van der Waals surface area contributed by atoms with Crippen LogP contribution in [-0.4, -0.2) is 18.7 Å². The first kappa shape index (κ1) is 14.6. The SMILES string of the molecule is CCC(=NNC(=O)C1CC1)c1ccc2cc(OC)ccc2c1. The van der Waals surface area contributed by atoms with Gasteiger partial charge in [-0.2, -0.15) is 5.10 Å². The number of nitrogens with zero attached hydrogens (tertiary/aromatic N) is 1. The number of rotatable bonds is 5. The highest BCUT2D eigenvalue weighted by Gasteiger charge is 2.29. The predicted molar refractivity (Wildman–Crippen MR) is 88.2 cm³/mol. The van der Waals surface area contributed by atoms with E-state index in [4.69, 9.17) is 4.74 Å². The van der Waals surface area contributed by atoms with Crippen molar-refractivity contribution in [2.75, 3.05) is 7.11 Å². The Kier molecular flexibility index (Phi) is 4.09. The molecule has 0 aliphatic heterocycles. The van der Waals surface area contributed by atoms with Gasteiger partial charge in [0.05, 0.1) is 12.8 Å². The van der Waals surface area contributed by atoms with Crippen LogP contribution >= 0.6 is 0 Å². The van der Waals surface area contributed by atoms with Gasteiger partial charge in [-0.3, -0.25) is 4.79 Å². The highest BCUT2D eigenvalue weighted by molar-refractivity contribution is 6.03. The van der Waals surface area contributed by atoms with Crippen molar-refractivity contribution in [3.8, 4) is 5.75 Å². The average Bonchev–Trinajstić information content (AvgIpc) is 3.39. The lowest BCUT2D eigenvalue weighted by atomic mass is 10.0. The molecule has 0 heterocycles. The Balaban J connectivity index is 1.86. The fourth-order valence-electron chi connectivity index (χ4n) is 2.44. The van der Waals surface area contributed by atoms with E-state index in [1.165, 1.54) is 0 Å². The molecule has 0 aromatic heterocycles. The molecule has 1 aliphatic rings. The van der Waals surface area contributed by atoms with Gasteiger partial charge in [0.2, 0.25) is 5.91 Å². The van der Waals surface area contributed by atoms with Gasteiger partial charge in [-0.05, 0) is 53.8 Å². The first-order valence-electron chi connectivity index (χ1n) is 7.66. The molecule has 114 valence electrons. The average molecular weight is 296 g/mol. The molecule has 1 saturated carbocycles. The number of hydrogen-bond donors (Lipinski definition) is 1. The third-order valence-corrected chi connectivity index (χ3v) is 3.96. The summed E-state index contributed by atoms with van der Waals surface area (Å²) in [6, 6.07) is 12.2. The van der Waals surface area contributed by atoms with E-state index in [2.05, 4.69) is 22.7 Å². The largest absolute Gasteiger partial charge is 0.497 e. The maximum atomic E-state index is 11.7. The number of carbonyl (C=O) groups excluding carboxylic acids is 1. The normalized spacial score (nSPS) is 14.9. The van der Waals surface area contributed by atoms with Crippen LogP contribution in [0.2, 0.25) is 0 Å². The molecule has 1 aliphatic carbocycles. The molecule has 2 aromatic carbocycles. The van der Waals surface area contributed by atoms with Crippen molar-refractivity contribution >= 4 is 22.4 Å². The highest BCUT2D eigenvalue weighted by Crippen LogP contribution is 2.28. The second kappa shape index (κ2) is 6.18. The lowest BCUT2D eigenvalue weighted by molar-refractivity contribution is -0.122. The topological polar surface area (TPSA) is 50.7 Å². The van der Waals surface area contributed by atoms with Crippen molar-refractivity contribution in [2.45, 2.75) is 26.2 Å². The van der Waals surface area contributed by atoms with Crippen LogP contribution in [-0.2, 0) is 4.79 Å². The van der Waals surface area contributed by atoms with Crippen molar-refractivity contribution < 1.29 is 9.53 Å². The third kappa shape index (κ3) is 3.11. The van der Waals surface area contributed by atoms with E-state index in [9.17, 15) is 4.79 Å². The number of fused-ring (bicyclic) bond motifs is 1. The first-order valence-corrected chi connectivity index (χ1v) is 7.66. The molecule has 0 spiro atoms. The first-order chi connectivity index (χ1) is 10.7. The van der Waals surface area contributed by atoms with Crippen LogP contribution in [0.3, 0.4) is 0 Å². The fourth-order valence-corrected chi connectivity index (χ4v) is 2.44. The summed E-state index contributed by atoms with van der Waals surface area (Å²) in [7, 11) is 1.67. The maximum absolute atomic E-state index is 11.7. The smallest absolute Gasteiger partial charge is 0.243 e. The summed E-state index contributed by atoms with van der Waals surface area (Å²) in [6.45, 7) is 2.04. The van der Waals surface area contributed by atoms with E-state index >= 15 is 0 Å². The van der Waals surface area contributed by atoms with Gasteiger partial charge in [0, 0.05) is 5.92 Å². The maximum Gasteiger partial charge on any atom is 0.243 e. The molecule has 3 rings (SSSR count). The number of ether oxygens (including phenoxy) is 1.